The number of rotatable bonds is 5. The number of hydrogen-bond donors (Lipinski definition) is 2. The third-order valence-corrected chi connectivity index (χ3v) is 5.82. The average molecular weight is 382 g/mol. The van der Waals surface area contributed by atoms with Gasteiger partial charge in [0.05, 0.1) is 5.69 Å². The molecule has 1 heterocycles. The van der Waals surface area contributed by atoms with Crippen LogP contribution in [0.2, 0.25) is 0 Å². The lowest BCUT2D eigenvalue weighted by atomic mass is 10.0. The SMILES string of the molecule is CC(C)NCc1ccc(Nc2nc3c(s2)CCCc2ccc(F)cc2-3)cc1. The highest BCUT2D eigenvalue weighted by Crippen LogP contribution is 2.38. The van der Waals surface area contributed by atoms with Crippen LogP contribution in [0, 0.1) is 5.82 Å². The Balaban J connectivity index is 1.55. The fourth-order valence-electron chi connectivity index (χ4n) is 3.36. The Morgan fingerprint density at radius 3 is 2.70 bits per heavy atom. The molecule has 1 aliphatic carbocycles. The van der Waals surface area contributed by atoms with E-state index in [0.717, 1.165) is 47.9 Å². The quantitative estimate of drug-likeness (QED) is 0.597. The molecule has 27 heavy (non-hydrogen) atoms. The van der Waals surface area contributed by atoms with Crippen molar-refractivity contribution in [1.29, 1.82) is 0 Å². The number of thiazole rings is 1. The summed E-state index contributed by atoms with van der Waals surface area (Å²) in [7, 11) is 0. The molecular weight excluding hydrogens is 357 g/mol. The number of benzene rings is 2. The molecule has 0 aliphatic heterocycles. The van der Waals surface area contributed by atoms with Crippen molar-refractivity contribution in [1.82, 2.24) is 10.3 Å². The highest BCUT2D eigenvalue weighted by molar-refractivity contribution is 7.16. The molecule has 0 amide bonds. The first-order chi connectivity index (χ1) is 13.1. The van der Waals surface area contributed by atoms with Crippen LogP contribution in [0.5, 0.6) is 0 Å². The maximum absolute atomic E-state index is 13.8. The third-order valence-electron chi connectivity index (χ3n) is 4.79. The first kappa shape index (κ1) is 18.1. The summed E-state index contributed by atoms with van der Waals surface area (Å²) in [5.41, 5.74) is 5.35. The minimum Gasteiger partial charge on any atom is -0.332 e. The zero-order chi connectivity index (χ0) is 18.8. The molecule has 3 aromatic rings. The lowest BCUT2D eigenvalue weighted by molar-refractivity contribution is 0.589. The van der Waals surface area contributed by atoms with E-state index >= 15 is 0 Å². The van der Waals surface area contributed by atoms with Crippen LogP contribution in [0.15, 0.2) is 42.5 Å². The number of anilines is 2. The van der Waals surface area contributed by atoms with E-state index in [1.807, 2.05) is 6.07 Å². The molecule has 0 unspecified atom stereocenters. The standard InChI is InChI=1S/C22H24FN3S/c1-14(2)24-13-15-6-10-18(11-7-15)25-22-26-21-19-12-17(23)9-8-16(19)4-3-5-20(21)27-22/h6-12,14,24H,3-5,13H2,1-2H3,(H,25,26). The van der Waals surface area contributed by atoms with Crippen LogP contribution in [0.4, 0.5) is 15.2 Å². The molecule has 1 aromatic heterocycles. The summed E-state index contributed by atoms with van der Waals surface area (Å²) in [5.74, 6) is -0.199. The molecule has 2 N–H and O–H groups in total. The molecule has 3 nitrogen and oxygen atoms in total. The molecule has 0 saturated carbocycles. The van der Waals surface area contributed by atoms with E-state index in [4.69, 9.17) is 4.98 Å². The second kappa shape index (κ2) is 7.79. The molecule has 0 fully saturated rings. The lowest BCUT2D eigenvalue weighted by Crippen LogP contribution is -2.21. The highest BCUT2D eigenvalue weighted by Gasteiger charge is 2.20. The minimum absolute atomic E-state index is 0.199. The number of nitrogens with one attached hydrogen (secondary N) is 2. The monoisotopic (exact) mass is 381 g/mol. The van der Waals surface area contributed by atoms with Crippen molar-refractivity contribution in [2.24, 2.45) is 0 Å². The number of fused-ring (bicyclic) bond motifs is 3. The zero-order valence-electron chi connectivity index (χ0n) is 15.7. The molecular formula is C22H24FN3S. The van der Waals surface area contributed by atoms with Gasteiger partial charge in [-0.15, -0.1) is 11.3 Å². The maximum Gasteiger partial charge on any atom is 0.187 e. The Kier molecular flexibility index (Phi) is 5.23. The molecule has 0 radical (unpaired) electrons. The summed E-state index contributed by atoms with van der Waals surface area (Å²) in [4.78, 5) is 6.03. The van der Waals surface area contributed by atoms with Gasteiger partial charge >= 0.3 is 0 Å². The molecule has 0 saturated heterocycles. The van der Waals surface area contributed by atoms with E-state index in [1.165, 1.54) is 16.0 Å². The molecule has 1 aliphatic rings. The second-order valence-corrected chi connectivity index (χ2v) is 8.39. The van der Waals surface area contributed by atoms with E-state index in [0.29, 0.717) is 6.04 Å². The third kappa shape index (κ3) is 4.20. The molecule has 5 heteroatoms. The summed E-state index contributed by atoms with van der Waals surface area (Å²) >= 11 is 1.67. The van der Waals surface area contributed by atoms with E-state index in [2.05, 4.69) is 48.7 Å². The Hall–Kier alpha value is -2.24. The molecule has 0 bridgehead atoms. The van der Waals surface area contributed by atoms with Gasteiger partial charge in [0, 0.05) is 28.7 Å². The van der Waals surface area contributed by atoms with Gasteiger partial charge in [-0.25, -0.2) is 9.37 Å². The molecule has 0 spiro atoms. The summed E-state index contributed by atoms with van der Waals surface area (Å²) in [6.45, 7) is 5.16. The smallest absolute Gasteiger partial charge is 0.187 e. The van der Waals surface area contributed by atoms with Gasteiger partial charge in [0.15, 0.2) is 5.13 Å². The van der Waals surface area contributed by atoms with Gasteiger partial charge in [-0.2, -0.15) is 0 Å². The maximum atomic E-state index is 13.8. The van der Waals surface area contributed by atoms with Crippen molar-refractivity contribution < 1.29 is 4.39 Å². The highest BCUT2D eigenvalue weighted by atomic mass is 32.1. The van der Waals surface area contributed by atoms with Crippen LogP contribution in [-0.4, -0.2) is 11.0 Å². The number of aryl methyl sites for hydroxylation is 2. The van der Waals surface area contributed by atoms with E-state index in [-0.39, 0.29) is 5.82 Å². The average Bonchev–Trinajstić information content (AvgIpc) is 2.97. The number of hydrogen-bond acceptors (Lipinski definition) is 4. The number of aromatic nitrogens is 1. The van der Waals surface area contributed by atoms with Crippen molar-refractivity contribution >= 4 is 22.2 Å². The fraction of sp³-hybridized carbons (Fsp3) is 0.318. The molecule has 0 atom stereocenters. The first-order valence-electron chi connectivity index (χ1n) is 9.46. The van der Waals surface area contributed by atoms with E-state index in [1.54, 1.807) is 23.5 Å². The van der Waals surface area contributed by atoms with Crippen LogP contribution in [0.3, 0.4) is 0 Å². The molecule has 140 valence electrons. The number of nitrogens with zero attached hydrogens (tertiary/aromatic N) is 1. The Labute approximate surface area is 163 Å². The zero-order valence-corrected chi connectivity index (χ0v) is 16.5. The van der Waals surface area contributed by atoms with Crippen molar-refractivity contribution in [3.05, 3.63) is 64.3 Å². The topological polar surface area (TPSA) is 37.0 Å². The molecule has 4 rings (SSSR count). The second-order valence-electron chi connectivity index (χ2n) is 7.30. The van der Waals surface area contributed by atoms with E-state index in [9.17, 15) is 4.39 Å². The summed E-state index contributed by atoms with van der Waals surface area (Å²) in [6, 6.07) is 14.0. The first-order valence-corrected chi connectivity index (χ1v) is 10.3. The predicted molar refractivity (Wildman–Crippen MR) is 111 cm³/mol. The van der Waals surface area contributed by atoms with Gasteiger partial charge < -0.3 is 10.6 Å². The van der Waals surface area contributed by atoms with Gasteiger partial charge in [0.1, 0.15) is 5.82 Å². The lowest BCUT2D eigenvalue weighted by Gasteiger charge is -2.09. The van der Waals surface area contributed by atoms with Crippen molar-refractivity contribution in [2.45, 2.75) is 45.7 Å². The Morgan fingerprint density at radius 1 is 1.11 bits per heavy atom. The summed E-state index contributed by atoms with van der Waals surface area (Å²) in [6.07, 6.45) is 3.04. The van der Waals surface area contributed by atoms with Gasteiger partial charge in [-0.1, -0.05) is 32.0 Å². The fourth-order valence-corrected chi connectivity index (χ4v) is 4.40. The van der Waals surface area contributed by atoms with Crippen molar-refractivity contribution in [3.8, 4) is 11.3 Å². The Morgan fingerprint density at radius 2 is 1.93 bits per heavy atom. The van der Waals surface area contributed by atoms with Crippen LogP contribution < -0.4 is 10.6 Å². The van der Waals surface area contributed by atoms with Crippen molar-refractivity contribution in [3.63, 3.8) is 0 Å². The van der Waals surface area contributed by atoms with Gasteiger partial charge in [-0.3, -0.25) is 0 Å². The van der Waals surface area contributed by atoms with Crippen LogP contribution >= 0.6 is 11.3 Å². The predicted octanol–water partition coefficient (Wildman–Crippen LogP) is 5.68. The summed E-state index contributed by atoms with van der Waals surface area (Å²) < 4.78 is 13.8. The van der Waals surface area contributed by atoms with Crippen LogP contribution in [-0.2, 0) is 19.4 Å². The Bertz CT molecular complexity index is 931. The van der Waals surface area contributed by atoms with Crippen LogP contribution in [0.1, 0.15) is 36.3 Å². The van der Waals surface area contributed by atoms with Gasteiger partial charge in [0.2, 0.25) is 0 Å². The van der Waals surface area contributed by atoms with E-state index < -0.39 is 0 Å². The molecule has 2 aromatic carbocycles. The summed E-state index contributed by atoms with van der Waals surface area (Å²) in [5, 5.41) is 7.70. The minimum atomic E-state index is -0.199. The van der Waals surface area contributed by atoms with Crippen molar-refractivity contribution in [2.75, 3.05) is 5.32 Å². The normalized spacial score (nSPS) is 13.2. The van der Waals surface area contributed by atoms with Gasteiger partial charge in [-0.05, 0) is 54.7 Å². The largest absolute Gasteiger partial charge is 0.332 e. The number of halogens is 1. The van der Waals surface area contributed by atoms with Gasteiger partial charge in [0.25, 0.3) is 0 Å². The van der Waals surface area contributed by atoms with Crippen LogP contribution in [0.25, 0.3) is 11.3 Å².